The van der Waals surface area contributed by atoms with Gasteiger partial charge < -0.3 is 19.5 Å². The molecule has 1 heterocycles. The zero-order valence-corrected chi connectivity index (χ0v) is 15.2. The first-order valence-corrected chi connectivity index (χ1v) is 8.68. The number of carbonyl (C=O) groups excluding carboxylic acids is 1. The van der Waals surface area contributed by atoms with E-state index in [-0.39, 0.29) is 24.2 Å². The van der Waals surface area contributed by atoms with Crippen LogP contribution in [0.25, 0.3) is 0 Å². The minimum atomic E-state index is -0.824. The highest BCUT2D eigenvalue weighted by Crippen LogP contribution is 2.31. The molecule has 0 unspecified atom stereocenters. The van der Waals surface area contributed by atoms with E-state index >= 15 is 0 Å². The smallest absolute Gasteiger partial charge is 0.303 e. The van der Waals surface area contributed by atoms with Crippen molar-refractivity contribution < 1.29 is 24.2 Å². The Morgan fingerprint density at radius 1 is 1.24 bits per heavy atom. The molecule has 0 aromatic heterocycles. The van der Waals surface area contributed by atoms with Crippen molar-refractivity contribution in [2.75, 3.05) is 27.3 Å². The van der Waals surface area contributed by atoms with E-state index < -0.39 is 5.97 Å². The summed E-state index contributed by atoms with van der Waals surface area (Å²) in [5, 5.41) is 9.03. The molecule has 0 saturated carbocycles. The topological polar surface area (TPSA) is 76.1 Å². The van der Waals surface area contributed by atoms with Gasteiger partial charge in [0.15, 0.2) is 11.5 Å². The molecule has 1 fully saturated rings. The highest BCUT2D eigenvalue weighted by molar-refractivity contribution is 5.78. The van der Waals surface area contributed by atoms with E-state index in [1.54, 1.807) is 14.2 Å². The number of nitrogens with zero attached hydrogens (tertiary/aromatic N) is 1. The van der Waals surface area contributed by atoms with E-state index in [1.165, 1.54) is 0 Å². The van der Waals surface area contributed by atoms with E-state index in [0.29, 0.717) is 31.0 Å². The van der Waals surface area contributed by atoms with Gasteiger partial charge in [0.2, 0.25) is 5.91 Å². The van der Waals surface area contributed by atoms with Gasteiger partial charge in [-0.15, -0.1) is 0 Å². The fraction of sp³-hybridized carbons (Fsp3) is 0.579. The summed E-state index contributed by atoms with van der Waals surface area (Å²) in [6, 6.07) is 5.77. The molecule has 1 aliphatic rings. The van der Waals surface area contributed by atoms with E-state index in [9.17, 15) is 9.59 Å². The molecule has 138 valence electrons. The lowest BCUT2D eigenvalue weighted by Gasteiger charge is -2.37. The molecule has 0 bridgehead atoms. The van der Waals surface area contributed by atoms with Gasteiger partial charge in [-0.1, -0.05) is 19.4 Å². The molecule has 0 spiro atoms. The second-order valence-corrected chi connectivity index (χ2v) is 6.51. The molecule has 1 saturated heterocycles. The van der Waals surface area contributed by atoms with Crippen LogP contribution in [0.5, 0.6) is 11.5 Å². The molecule has 1 aliphatic heterocycles. The Morgan fingerprint density at radius 3 is 2.56 bits per heavy atom. The van der Waals surface area contributed by atoms with Gasteiger partial charge in [-0.2, -0.15) is 0 Å². The van der Waals surface area contributed by atoms with Crippen LogP contribution >= 0.6 is 0 Å². The number of rotatable bonds is 8. The number of ether oxygens (including phenoxy) is 2. The third-order valence-corrected chi connectivity index (χ3v) is 4.99. The van der Waals surface area contributed by atoms with Crippen LogP contribution in [-0.4, -0.2) is 49.2 Å². The summed E-state index contributed by atoms with van der Waals surface area (Å²) in [6.07, 6.45) is 2.02. The third-order valence-electron chi connectivity index (χ3n) is 4.99. The van der Waals surface area contributed by atoms with Crippen molar-refractivity contribution in [3.8, 4) is 11.5 Å². The molecule has 1 aromatic rings. The number of methoxy groups -OCH3 is 2. The monoisotopic (exact) mass is 349 g/mol. The minimum Gasteiger partial charge on any atom is -0.493 e. The number of carboxylic acids is 1. The largest absolute Gasteiger partial charge is 0.493 e. The van der Waals surface area contributed by atoms with Crippen molar-refractivity contribution in [2.45, 2.75) is 32.6 Å². The van der Waals surface area contributed by atoms with Gasteiger partial charge in [-0.3, -0.25) is 9.59 Å². The Labute approximate surface area is 148 Å². The van der Waals surface area contributed by atoms with Crippen LogP contribution in [0.3, 0.4) is 0 Å². The SMILES string of the molecule is CC[C@H]1CN(CCc2ccc(OC)c(OC)c2)C(=O)C[C@H]1CC(=O)O. The van der Waals surface area contributed by atoms with Crippen LogP contribution in [0, 0.1) is 11.8 Å². The van der Waals surface area contributed by atoms with Crippen LogP contribution in [0.4, 0.5) is 0 Å². The fourth-order valence-corrected chi connectivity index (χ4v) is 3.50. The van der Waals surface area contributed by atoms with Crippen molar-refractivity contribution in [3.63, 3.8) is 0 Å². The molecule has 1 amide bonds. The first-order valence-electron chi connectivity index (χ1n) is 8.68. The zero-order valence-electron chi connectivity index (χ0n) is 15.2. The minimum absolute atomic E-state index is 0.0488. The van der Waals surface area contributed by atoms with Gasteiger partial charge in [0.1, 0.15) is 0 Å². The lowest BCUT2D eigenvalue weighted by molar-refractivity contribution is -0.142. The number of carbonyl (C=O) groups is 2. The van der Waals surface area contributed by atoms with Crippen LogP contribution < -0.4 is 9.47 Å². The van der Waals surface area contributed by atoms with Crippen LogP contribution in [0.2, 0.25) is 0 Å². The van der Waals surface area contributed by atoms with Gasteiger partial charge in [-0.25, -0.2) is 0 Å². The molecule has 2 rings (SSSR count). The Balaban J connectivity index is 1.99. The highest BCUT2D eigenvalue weighted by atomic mass is 16.5. The molecule has 0 aliphatic carbocycles. The molecule has 2 atom stereocenters. The molecular formula is C19H27NO5. The summed E-state index contributed by atoms with van der Waals surface area (Å²) in [5.74, 6) is 0.791. The Morgan fingerprint density at radius 2 is 1.96 bits per heavy atom. The van der Waals surface area contributed by atoms with E-state index in [0.717, 1.165) is 18.4 Å². The van der Waals surface area contributed by atoms with Crippen molar-refractivity contribution in [1.29, 1.82) is 0 Å². The summed E-state index contributed by atoms with van der Waals surface area (Å²) >= 11 is 0. The van der Waals surface area contributed by atoms with Crippen molar-refractivity contribution in [2.24, 2.45) is 11.8 Å². The number of amides is 1. The summed E-state index contributed by atoms with van der Waals surface area (Å²) in [7, 11) is 3.20. The fourth-order valence-electron chi connectivity index (χ4n) is 3.50. The summed E-state index contributed by atoms with van der Waals surface area (Å²) < 4.78 is 10.6. The first-order chi connectivity index (χ1) is 12.0. The van der Waals surface area contributed by atoms with Gasteiger partial charge in [0.25, 0.3) is 0 Å². The predicted molar refractivity (Wildman–Crippen MR) is 94.0 cm³/mol. The maximum absolute atomic E-state index is 12.4. The van der Waals surface area contributed by atoms with Crippen LogP contribution in [0.1, 0.15) is 31.7 Å². The summed E-state index contributed by atoms with van der Waals surface area (Å²) in [4.78, 5) is 25.2. The first kappa shape index (κ1) is 19.1. The van der Waals surface area contributed by atoms with E-state index in [1.807, 2.05) is 23.1 Å². The lowest BCUT2D eigenvalue weighted by atomic mass is 9.81. The number of benzene rings is 1. The lowest BCUT2D eigenvalue weighted by Crippen LogP contribution is -2.45. The average molecular weight is 349 g/mol. The predicted octanol–water partition coefficient (Wildman–Crippen LogP) is 2.60. The van der Waals surface area contributed by atoms with Crippen LogP contribution in [0.15, 0.2) is 18.2 Å². The van der Waals surface area contributed by atoms with Crippen LogP contribution in [-0.2, 0) is 16.0 Å². The quantitative estimate of drug-likeness (QED) is 0.781. The maximum atomic E-state index is 12.4. The number of piperidine rings is 1. The van der Waals surface area contributed by atoms with Gasteiger partial charge in [0.05, 0.1) is 14.2 Å². The van der Waals surface area contributed by atoms with Gasteiger partial charge >= 0.3 is 5.97 Å². The normalized spacial score (nSPS) is 20.4. The Hall–Kier alpha value is -2.24. The van der Waals surface area contributed by atoms with Crippen molar-refractivity contribution in [1.82, 2.24) is 4.90 Å². The van der Waals surface area contributed by atoms with Gasteiger partial charge in [0, 0.05) is 25.9 Å². The third kappa shape index (κ3) is 4.87. The zero-order chi connectivity index (χ0) is 18.4. The molecule has 6 nitrogen and oxygen atoms in total. The molecule has 25 heavy (non-hydrogen) atoms. The molecular weight excluding hydrogens is 322 g/mol. The maximum Gasteiger partial charge on any atom is 0.303 e. The Kier molecular flexibility index (Phi) is 6.67. The summed E-state index contributed by atoms with van der Waals surface area (Å²) in [6.45, 7) is 3.33. The van der Waals surface area contributed by atoms with Gasteiger partial charge in [-0.05, 0) is 36.0 Å². The van der Waals surface area contributed by atoms with Crippen molar-refractivity contribution in [3.05, 3.63) is 23.8 Å². The number of carboxylic acid groups (broad SMARTS) is 1. The summed E-state index contributed by atoms with van der Waals surface area (Å²) in [5.41, 5.74) is 1.08. The number of likely N-dealkylation sites (tertiary alicyclic amines) is 1. The molecule has 1 N–H and O–H groups in total. The standard InChI is InChI=1S/C19H27NO5/c1-4-14-12-20(18(21)10-15(14)11-19(22)23)8-7-13-5-6-16(24-2)17(9-13)25-3/h5-6,9,14-15H,4,7-8,10-12H2,1-3H3,(H,22,23)/t14-,15-/m0/s1. The van der Waals surface area contributed by atoms with E-state index in [4.69, 9.17) is 14.6 Å². The number of hydrogen-bond donors (Lipinski definition) is 1. The van der Waals surface area contributed by atoms with E-state index in [2.05, 4.69) is 6.92 Å². The highest BCUT2D eigenvalue weighted by Gasteiger charge is 2.34. The Bertz CT molecular complexity index is 616. The molecule has 6 heteroatoms. The van der Waals surface area contributed by atoms with Crippen molar-refractivity contribution >= 4 is 11.9 Å². The number of hydrogen-bond acceptors (Lipinski definition) is 4. The second-order valence-electron chi connectivity index (χ2n) is 6.51. The average Bonchev–Trinajstić information content (AvgIpc) is 2.60. The molecule has 0 radical (unpaired) electrons. The number of aliphatic carboxylic acids is 1. The second kappa shape index (κ2) is 8.74. The molecule has 1 aromatic carbocycles.